The van der Waals surface area contributed by atoms with Gasteiger partial charge in [-0.3, -0.25) is 0 Å². The molecule has 0 aliphatic rings. The Bertz CT molecular complexity index is 579. The minimum Gasteiger partial charge on any atom is -0.357 e. The first-order chi connectivity index (χ1) is 8.60. The molecule has 7 heteroatoms. The van der Waals surface area contributed by atoms with Gasteiger partial charge in [-0.2, -0.15) is 4.98 Å². The van der Waals surface area contributed by atoms with Gasteiger partial charge >= 0.3 is 0 Å². The molecule has 0 fully saturated rings. The van der Waals surface area contributed by atoms with E-state index in [1.807, 2.05) is 0 Å². The third kappa shape index (κ3) is 2.88. The third-order valence-corrected chi connectivity index (χ3v) is 3.04. The number of nitrogens with zero attached hydrogens (tertiary/aromatic N) is 2. The Kier molecular flexibility index (Phi) is 3.98. The lowest BCUT2D eigenvalue weighted by atomic mass is 10.3. The molecule has 94 valence electrons. The molecule has 0 amide bonds. The van der Waals surface area contributed by atoms with Crippen LogP contribution in [0.2, 0.25) is 5.02 Å². The summed E-state index contributed by atoms with van der Waals surface area (Å²) in [7, 11) is 1.72. The van der Waals surface area contributed by atoms with E-state index in [-0.39, 0.29) is 10.8 Å². The van der Waals surface area contributed by atoms with Crippen molar-refractivity contribution >= 4 is 45.0 Å². The zero-order chi connectivity index (χ0) is 13.1. The van der Waals surface area contributed by atoms with Gasteiger partial charge in [0.1, 0.15) is 11.6 Å². The zero-order valence-corrected chi connectivity index (χ0v) is 11.7. The lowest BCUT2D eigenvalue weighted by Gasteiger charge is -2.10. The number of benzene rings is 1. The molecule has 0 atom stereocenters. The van der Waals surface area contributed by atoms with E-state index in [4.69, 9.17) is 11.6 Å². The fraction of sp³-hybridized carbons (Fsp3) is 0.0909. The quantitative estimate of drug-likeness (QED) is 0.898. The van der Waals surface area contributed by atoms with Crippen molar-refractivity contribution in [3.63, 3.8) is 0 Å². The summed E-state index contributed by atoms with van der Waals surface area (Å²) in [6.07, 6.45) is 1.61. The summed E-state index contributed by atoms with van der Waals surface area (Å²) in [6.45, 7) is 0. The first kappa shape index (κ1) is 13.0. The molecule has 18 heavy (non-hydrogen) atoms. The smallest absolute Gasteiger partial charge is 0.224 e. The normalized spacial score (nSPS) is 10.2. The van der Waals surface area contributed by atoms with E-state index in [0.29, 0.717) is 21.9 Å². The Morgan fingerprint density at radius 3 is 2.83 bits per heavy atom. The molecule has 0 bridgehead atoms. The number of aromatic nitrogens is 2. The molecule has 0 saturated heterocycles. The van der Waals surface area contributed by atoms with Crippen LogP contribution in [0.4, 0.5) is 21.8 Å². The summed E-state index contributed by atoms with van der Waals surface area (Å²) < 4.78 is 13.6. The van der Waals surface area contributed by atoms with E-state index in [9.17, 15) is 4.39 Å². The van der Waals surface area contributed by atoms with Gasteiger partial charge in [0, 0.05) is 13.2 Å². The van der Waals surface area contributed by atoms with E-state index in [2.05, 4.69) is 36.5 Å². The molecule has 0 aliphatic carbocycles. The molecule has 0 saturated carbocycles. The molecule has 4 nitrogen and oxygen atoms in total. The summed E-state index contributed by atoms with van der Waals surface area (Å²) in [5.41, 5.74) is 0.569. The Morgan fingerprint density at radius 2 is 2.17 bits per heavy atom. The van der Waals surface area contributed by atoms with E-state index in [1.165, 1.54) is 12.1 Å². The van der Waals surface area contributed by atoms with Crippen LogP contribution in [0.15, 0.2) is 28.9 Å². The van der Waals surface area contributed by atoms with Crippen molar-refractivity contribution in [2.24, 2.45) is 0 Å². The van der Waals surface area contributed by atoms with Gasteiger partial charge in [0.05, 0.1) is 15.2 Å². The van der Waals surface area contributed by atoms with Crippen LogP contribution in [-0.4, -0.2) is 17.0 Å². The van der Waals surface area contributed by atoms with Crippen LogP contribution >= 0.6 is 27.5 Å². The average Bonchev–Trinajstić information content (AvgIpc) is 2.35. The average molecular weight is 332 g/mol. The monoisotopic (exact) mass is 330 g/mol. The fourth-order valence-corrected chi connectivity index (χ4v) is 1.80. The molecule has 2 aromatic rings. The predicted molar refractivity (Wildman–Crippen MR) is 74.0 cm³/mol. The number of hydrogen-bond acceptors (Lipinski definition) is 4. The van der Waals surface area contributed by atoms with Crippen molar-refractivity contribution in [1.29, 1.82) is 0 Å². The van der Waals surface area contributed by atoms with E-state index >= 15 is 0 Å². The van der Waals surface area contributed by atoms with Crippen molar-refractivity contribution < 1.29 is 4.39 Å². The summed E-state index contributed by atoms with van der Waals surface area (Å²) in [4.78, 5) is 8.25. The molecule has 0 unspecified atom stereocenters. The molecule has 1 aromatic carbocycles. The van der Waals surface area contributed by atoms with Gasteiger partial charge in [-0.25, -0.2) is 9.37 Å². The first-order valence-corrected chi connectivity index (χ1v) is 6.19. The van der Waals surface area contributed by atoms with Gasteiger partial charge < -0.3 is 10.6 Å². The molecular weight excluding hydrogens is 323 g/mol. The Balaban J connectivity index is 2.33. The highest BCUT2D eigenvalue weighted by molar-refractivity contribution is 9.10. The minimum atomic E-state index is -0.386. The molecule has 0 radical (unpaired) electrons. The van der Waals surface area contributed by atoms with Gasteiger partial charge in [-0.05, 0) is 34.1 Å². The highest BCUT2D eigenvalue weighted by atomic mass is 79.9. The Hall–Kier alpha value is -1.40. The van der Waals surface area contributed by atoms with Gasteiger partial charge in [0.15, 0.2) is 0 Å². The van der Waals surface area contributed by atoms with Crippen LogP contribution in [-0.2, 0) is 0 Å². The molecule has 2 N–H and O–H groups in total. The van der Waals surface area contributed by atoms with Crippen LogP contribution in [0.1, 0.15) is 0 Å². The Morgan fingerprint density at radius 1 is 1.39 bits per heavy atom. The van der Waals surface area contributed by atoms with Gasteiger partial charge in [-0.15, -0.1) is 0 Å². The van der Waals surface area contributed by atoms with Crippen LogP contribution in [0, 0.1) is 5.82 Å². The highest BCUT2D eigenvalue weighted by Gasteiger charge is 2.07. The second-order valence-electron chi connectivity index (χ2n) is 3.39. The lowest BCUT2D eigenvalue weighted by molar-refractivity contribution is 0.628. The van der Waals surface area contributed by atoms with Crippen molar-refractivity contribution in [3.8, 4) is 0 Å². The van der Waals surface area contributed by atoms with Crippen LogP contribution in [0.5, 0.6) is 0 Å². The zero-order valence-electron chi connectivity index (χ0n) is 9.34. The van der Waals surface area contributed by atoms with Crippen LogP contribution < -0.4 is 10.6 Å². The molecule has 0 spiro atoms. The Labute approximate surface area is 117 Å². The van der Waals surface area contributed by atoms with Gasteiger partial charge in [0.2, 0.25) is 5.95 Å². The standard InChI is InChI=1S/C11H9BrClFN4/c1-15-11-16-5-7(12)10(18-11)17-9-3-2-6(14)4-8(9)13/h2-5H,1H3,(H2,15,16,17,18). The molecule has 2 rings (SSSR count). The van der Waals surface area contributed by atoms with E-state index in [1.54, 1.807) is 19.3 Å². The van der Waals surface area contributed by atoms with E-state index < -0.39 is 0 Å². The third-order valence-electron chi connectivity index (χ3n) is 2.15. The second-order valence-corrected chi connectivity index (χ2v) is 4.65. The van der Waals surface area contributed by atoms with Crippen LogP contribution in [0.3, 0.4) is 0 Å². The second kappa shape index (κ2) is 5.49. The fourth-order valence-electron chi connectivity index (χ4n) is 1.29. The maximum Gasteiger partial charge on any atom is 0.224 e. The summed E-state index contributed by atoms with van der Waals surface area (Å²) in [6, 6.07) is 4.10. The van der Waals surface area contributed by atoms with Crippen LogP contribution in [0.25, 0.3) is 0 Å². The van der Waals surface area contributed by atoms with Gasteiger partial charge in [-0.1, -0.05) is 11.6 Å². The maximum atomic E-state index is 12.9. The van der Waals surface area contributed by atoms with Crippen molar-refractivity contribution in [3.05, 3.63) is 39.7 Å². The highest BCUT2D eigenvalue weighted by Crippen LogP contribution is 2.29. The molecular formula is C11H9BrClFN4. The summed E-state index contributed by atoms with van der Waals surface area (Å²) in [5, 5.41) is 6.12. The predicted octanol–water partition coefficient (Wildman–Crippen LogP) is 3.82. The van der Waals surface area contributed by atoms with Crippen molar-refractivity contribution in [2.75, 3.05) is 17.7 Å². The summed E-state index contributed by atoms with van der Waals surface area (Å²) in [5.74, 6) is 0.630. The number of nitrogens with one attached hydrogen (secondary N) is 2. The maximum absolute atomic E-state index is 12.9. The van der Waals surface area contributed by atoms with Crippen molar-refractivity contribution in [2.45, 2.75) is 0 Å². The lowest BCUT2D eigenvalue weighted by Crippen LogP contribution is -2.01. The number of anilines is 3. The SMILES string of the molecule is CNc1ncc(Br)c(Nc2ccc(F)cc2Cl)n1. The summed E-state index contributed by atoms with van der Waals surface area (Å²) >= 11 is 9.25. The first-order valence-electron chi connectivity index (χ1n) is 5.02. The molecule has 0 aliphatic heterocycles. The molecule has 1 aromatic heterocycles. The number of hydrogen-bond donors (Lipinski definition) is 2. The minimum absolute atomic E-state index is 0.284. The number of rotatable bonds is 3. The largest absolute Gasteiger partial charge is 0.357 e. The topological polar surface area (TPSA) is 49.8 Å². The van der Waals surface area contributed by atoms with Gasteiger partial charge in [0.25, 0.3) is 0 Å². The van der Waals surface area contributed by atoms with E-state index in [0.717, 1.165) is 0 Å². The van der Waals surface area contributed by atoms with Crippen molar-refractivity contribution in [1.82, 2.24) is 9.97 Å². The molecule has 1 heterocycles. The number of halogens is 3.